The molecule has 114 valence electrons. The van der Waals surface area contributed by atoms with E-state index in [2.05, 4.69) is 6.58 Å². The Morgan fingerprint density at radius 2 is 1.73 bits per heavy atom. The average Bonchev–Trinajstić information content (AvgIpc) is 2.57. The van der Waals surface area contributed by atoms with Gasteiger partial charge in [-0.3, -0.25) is 4.79 Å². The van der Waals surface area contributed by atoms with Crippen LogP contribution in [0.4, 0.5) is 0 Å². The molecule has 3 heteroatoms. The largest absolute Gasteiger partial charge is 0.368 e. The molecule has 0 N–H and O–H groups in total. The zero-order valence-electron chi connectivity index (χ0n) is 12.6. The molecule has 2 rings (SSSR count). The predicted molar refractivity (Wildman–Crippen MR) is 93.0 cm³/mol. The van der Waals surface area contributed by atoms with Crippen molar-refractivity contribution in [3.63, 3.8) is 0 Å². The van der Waals surface area contributed by atoms with Crippen LogP contribution in [0.2, 0.25) is 0 Å². The summed E-state index contributed by atoms with van der Waals surface area (Å²) in [6.45, 7) is 6.33. The lowest BCUT2D eigenvalue weighted by Gasteiger charge is -2.20. The van der Waals surface area contributed by atoms with Crippen LogP contribution in [0.1, 0.15) is 22.8 Å². The molecule has 0 bridgehead atoms. The molecule has 0 saturated carbocycles. The van der Waals surface area contributed by atoms with Crippen molar-refractivity contribution in [2.45, 2.75) is 24.9 Å². The Labute approximate surface area is 136 Å². The van der Waals surface area contributed by atoms with E-state index >= 15 is 0 Å². The molecule has 2 atom stereocenters. The lowest BCUT2D eigenvalue weighted by Crippen LogP contribution is -2.23. The Bertz CT molecular complexity index is 595. The summed E-state index contributed by atoms with van der Waals surface area (Å²) in [5, 5.41) is 0.0668. The standard InChI is InChI=1S/C19H20O2S/c1-3-18(21-14-16-10-6-4-7-11-16)15(2)22-19(20)17-12-8-5-9-13-17/h3-13,15,18H,1,14H2,2H3/t15-,18-/m0/s1. The van der Waals surface area contributed by atoms with E-state index in [1.807, 2.05) is 67.6 Å². The molecule has 0 radical (unpaired) electrons. The topological polar surface area (TPSA) is 26.3 Å². The number of ether oxygens (including phenoxy) is 1. The second-order valence-corrected chi connectivity index (χ2v) is 6.32. The van der Waals surface area contributed by atoms with Crippen molar-refractivity contribution in [2.75, 3.05) is 0 Å². The van der Waals surface area contributed by atoms with Crippen molar-refractivity contribution in [1.82, 2.24) is 0 Å². The first-order valence-electron chi connectivity index (χ1n) is 7.25. The minimum Gasteiger partial charge on any atom is -0.368 e. The summed E-state index contributed by atoms with van der Waals surface area (Å²) >= 11 is 1.29. The predicted octanol–water partition coefficient (Wildman–Crippen LogP) is 4.72. The van der Waals surface area contributed by atoms with Gasteiger partial charge >= 0.3 is 0 Å². The fourth-order valence-corrected chi connectivity index (χ4v) is 2.97. The van der Waals surface area contributed by atoms with E-state index in [9.17, 15) is 4.79 Å². The summed E-state index contributed by atoms with van der Waals surface area (Å²) in [7, 11) is 0. The molecule has 2 aromatic rings. The van der Waals surface area contributed by atoms with E-state index in [-0.39, 0.29) is 16.5 Å². The van der Waals surface area contributed by atoms with E-state index in [1.165, 1.54) is 11.8 Å². The van der Waals surface area contributed by atoms with Crippen LogP contribution in [0.5, 0.6) is 0 Å². The van der Waals surface area contributed by atoms with Crippen molar-refractivity contribution >= 4 is 16.9 Å². The number of carbonyl (C=O) groups is 1. The molecule has 0 amide bonds. The van der Waals surface area contributed by atoms with Gasteiger partial charge in [0.15, 0.2) is 0 Å². The third-order valence-electron chi connectivity index (χ3n) is 3.28. The van der Waals surface area contributed by atoms with Gasteiger partial charge in [-0.15, -0.1) is 6.58 Å². The second kappa shape index (κ2) is 8.57. The molecule has 22 heavy (non-hydrogen) atoms. The minimum atomic E-state index is -0.169. The summed E-state index contributed by atoms with van der Waals surface area (Å²) in [6.07, 6.45) is 1.59. The zero-order chi connectivity index (χ0) is 15.8. The first kappa shape index (κ1) is 16.5. The van der Waals surface area contributed by atoms with Crippen LogP contribution in [0.3, 0.4) is 0 Å². The average molecular weight is 312 g/mol. The van der Waals surface area contributed by atoms with Crippen LogP contribution in [0, 0.1) is 0 Å². The van der Waals surface area contributed by atoms with Gasteiger partial charge in [-0.2, -0.15) is 0 Å². The van der Waals surface area contributed by atoms with Crippen molar-refractivity contribution in [3.05, 3.63) is 84.4 Å². The highest BCUT2D eigenvalue weighted by molar-refractivity contribution is 8.14. The van der Waals surface area contributed by atoms with Crippen LogP contribution < -0.4 is 0 Å². The van der Waals surface area contributed by atoms with Crippen LogP contribution in [-0.2, 0) is 11.3 Å². The number of hydrogen-bond donors (Lipinski definition) is 0. The number of benzene rings is 2. The second-order valence-electron chi connectivity index (χ2n) is 4.97. The third kappa shape index (κ3) is 4.86. The van der Waals surface area contributed by atoms with Gasteiger partial charge in [0.25, 0.3) is 0 Å². The Morgan fingerprint density at radius 3 is 2.32 bits per heavy atom. The molecule has 0 aliphatic carbocycles. The third-order valence-corrected chi connectivity index (χ3v) is 4.37. The van der Waals surface area contributed by atoms with Gasteiger partial charge in [0, 0.05) is 10.8 Å². The lowest BCUT2D eigenvalue weighted by atomic mass is 10.2. The van der Waals surface area contributed by atoms with E-state index in [4.69, 9.17) is 4.74 Å². The van der Waals surface area contributed by atoms with Crippen molar-refractivity contribution < 1.29 is 9.53 Å². The fraction of sp³-hybridized carbons (Fsp3) is 0.211. The first-order valence-corrected chi connectivity index (χ1v) is 8.13. The Kier molecular flexibility index (Phi) is 6.44. The maximum absolute atomic E-state index is 12.2. The molecule has 0 aromatic heterocycles. The SMILES string of the molecule is C=C[C@H](OCc1ccccc1)[C@H](C)SC(=O)c1ccccc1. The van der Waals surface area contributed by atoms with Gasteiger partial charge in [0.2, 0.25) is 5.12 Å². The van der Waals surface area contributed by atoms with Gasteiger partial charge in [-0.1, -0.05) is 78.5 Å². The Morgan fingerprint density at radius 1 is 1.14 bits per heavy atom. The first-order chi connectivity index (χ1) is 10.7. The summed E-state index contributed by atoms with van der Waals surface area (Å²) in [6, 6.07) is 19.3. The van der Waals surface area contributed by atoms with E-state index < -0.39 is 0 Å². The van der Waals surface area contributed by atoms with E-state index in [0.717, 1.165) is 5.56 Å². The smallest absolute Gasteiger partial charge is 0.219 e. The molecule has 0 fully saturated rings. The molecular formula is C19H20O2S. The maximum Gasteiger partial charge on any atom is 0.219 e. The molecule has 2 nitrogen and oxygen atoms in total. The van der Waals surface area contributed by atoms with Crippen LogP contribution in [-0.4, -0.2) is 16.5 Å². The van der Waals surface area contributed by atoms with E-state index in [0.29, 0.717) is 12.2 Å². The molecule has 0 aliphatic heterocycles. The van der Waals surface area contributed by atoms with Gasteiger partial charge in [-0.25, -0.2) is 0 Å². The monoisotopic (exact) mass is 312 g/mol. The summed E-state index contributed by atoms with van der Waals surface area (Å²) < 4.78 is 5.88. The quantitative estimate of drug-likeness (QED) is 0.692. The van der Waals surface area contributed by atoms with Crippen LogP contribution in [0.15, 0.2) is 73.3 Å². The number of rotatable bonds is 7. The van der Waals surface area contributed by atoms with Crippen molar-refractivity contribution in [3.8, 4) is 0 Å². The highest BCUT2D eigenvalue weighted by Gasteiger charge is 2.19. The molecule has 0 heterocycles. The summed E-state index contributed by atoms with van der Waals surface area (Å²) in [4.78, 5) is 12.2. The molecule has 0 unspecified atom stereocenters. The number of thioether (sulfide) groups is 1. The molecule has 0 spiro atoms. The van der Waals surface area contributed by atoms with Gasteiger partial charge < -0.3 is 4.74 Å². The molecule has 0 aliphatic rings. The Hall–Kier alpha value is -1.84. The lowest BCUT2D eigenvalue weighted by molar-refractivity contribution is 0.0731. The Balaban J connectivity index is 1.90. The number of carbonyl (C=O) groups excluding carboxylic acids is 1. The van der Waals surface area contributed by atoms with Gasteiger partial charge in [-0.05, 0) is 12.5 Å². The number of hydrogen-bond acceptors (Lipinski definition) is 3. The molecule has 0 saturated heterocycles. The van der Waals surface area contributed by atoms with E-state index in [1.54, 1.807) is 6.08 Å². The summed E-state index contributed by atoms with van der Waals surface area (Å²) in [5.74, 6) is 0. The van der Waals surface area contributed by atoms with Crippen molar-refractivity contribution in [2.24, 2.45) is 0 Å². The zero-order valence-corrected chi connectivity index (χ0v) is 13.5. The fourth-order valence-electron chi connectivity index (χ4n) is 2.04. The van der Waals surface area contributed by atoms with Crippen LogP contribution >= 0.6 is 11.8 Å². The normalized spacial score (nSPS) is 13.3. The van der Waals surface area contributed by atoms with Gasteiger partial charge in [0.1, 0.15) is 0 Å². The highest BCUT2D eigenvalue weighted by Crippen LogP contribution is 2.23. The summed E-state index contributed by atoms with van der Waals surface area (Å²) in [5.41, 5.74) is 1.83. The minimum absolute atomic E-state index is 0.00826. The highest BCUT2D eigenvalue weighted by atomic mass is 32.2. The van der Waals surface area contributed by atoms with Crippen molar-refractivity contribution in [1.29, 1.82) is 0 Å². The maximum atomic E-state index is 12.2. The molecule has 2 aromatic carbocycles. The van der Waals surface area contributed by atoms with Gasteiger partial charge in [0.05, 0.1) is 12.7 Å². The van der Waals surface area contributed by atoms with Crippen LogP contribution in [0.25, 0.3) is 0 Å². The molecular weight excluding hydrogens is 292 g/mol.